The molecule has 0 heterocycles. The average Bonchev–Trinajstić information content (AvgIpc) is 2.64. The van der Waals surface area contributed by atoms with E-state index in [0.717, 1.165) is 44.9 Å². The molecule has 28 heavy (non-hydrogen) atoms. The Morgan fingerprint density at radius 3 is 1.82 bits per heavy atom. The quantitative estimate of drug-likeness (QED) is 0.232. The summed E-state index contributed by atoms with van der Waals surface area (Å²) in [6, 6.07) is -0.762. The molecule has 4 heteroatoms. The maximum absolute atomic E-state index is 11.9. The standard InChI is InChI=1S/C24H43NO3/c1-4-5-6-7-8-9-10-11-12-13-14-15-16-17-18-19-23(26)25-22(24(27)28)20-21(2)3/h21-22H,4-10,13-20H2,1-3H3,(H,25,26)(H,27,28)/t22-/m0/s1. The summed E-state index contributed by atoms with van der Waals surface area (Å²) in [4.78, 5) is 23.0. The minimum Gasteiger partial charge on any atom is -0.480 e. The summed E-state index contributed by atoms with van der Waals surface area (Å²) in [6.07, 6.45) is 16.1. The zero-order chi connectivity index (χ0) is 21.0. The third-order valence-corrected chi connectivity index (χ3v) is 4.83. The van der Waals surface area contributed by atoms with Gasteiger partial charge in [0.2, 0.25) is 5.91 Å². The number of rotatable bonds is 17. The monoisotopic (exact) mass is 393 g/mol. The second kappa shape index (κ2) is 18.8. The van der Waals surface area contributed by atoms with Crippen molar-refractivity contribution in [2.45, 2.75) is 123 Å². The van der Waals surface area contributed by atoms with Gasteiger partial charge < -0.3 is 10.4 Å². The molecule has 0 unspecified atom stereocenters. The van der Waals surface area contributed by atoms with E-state index in [-0.39, 0.29) is 11.8 Å². The van der Waals surface area contributed by atoms with Crippen LogP contribution >= 0.6 is 0 Å². The van der Waals surface area contributed by atoms with Crippen LogP contribution in [0, 0.1) is 17.8 Å². The first kappa shape index (κ1) is 26.5. The van der Waals surface area contributed by atoms with Gasteiger partial charge in [0, 0.05) is 19.3 Å². The first-order valence-corrected chi connectivity index (χ1v) is 11.4. The Morgan fingerprint density at radius 2 is 1.32 bits per heavy atom. The van der Waals surface area contributed by atoms with Crippen LogP contribution in [-0.4, -0.2) is 23.0 Å². The molecule has 1 atom stereocenters. The summed E-state index contributed by atoms with van der Waals surface area (Å²) < 4.78 is 0. The van der Waals surface area contributed by atoms with Crippen LogP contribution in [0.25, 0.3) is 0 Å². The van der Waals surface area contributed by atoms with Gasteiger partial charge in [-0.25, -0.2) is 4.79 Å². The Hall–Kier alpha value is -1.50. The highest BCUT2D eigenvalue weighted by molar-refractivity contribution is 5.83. The highest BCUT2D eigenvalue weighted by Gasteiger charge is 2.20. The summed E-state index contributed by atoms with van der Waals surface area (Å²) in [5, 5.41) is 11.8. The number of carbonyl (C=O) groups is 2. The van der Waals surface area contributed by atoms with Gasteiger partial charge in [-0.3, -0.25) is 4.79 Å². The van der Waals surface area contributed by atoms with Gasteiger partial charge in [0.05, 0.1) is 0 Å². The number of hydrogen-bond donors (Lipinski definition) is 2. The zero-order valence-electron chi connectivity index (χ0n) is 18.5. The molecule has 0 aliphatic rings. The van der Waals surface area contributed by atoms with Crippen LogP contribution in [0.5, 0.6) is 0 Å². The van der Waals surface area contributed by atoms with Crippen LogP contribution in [0.1, 0.15) is 117 Å². The highest BCUT2D eigenvalue weighted by Crippen LogP contribution is 2.09. The van der Waals surface area contributed by atoms with E-state index < -0.39 is 12.0 Å². The topological polar surface area (TPSA) is 66.4 Å². The maximum atomic E-state index is 11.9. The molecule has 0 spiro atoms. The van der Waals surface area contributed by atoms with E-state index in [9.17, 15) is 9.59 Å². The molecule has 2 N–H and O–H groups in total. The minimum absolute atomic E-state index is 0.145. The number of carbonyl (C=O) groups excluding carboxylic acids is 1. The fourth-order valence-corrected chi connectivity index (χ4v) is 3.16. The molecule has 0 fully saturated rings. The molecule has 0 saturated carbocycles. The lowest BCUT2D eigenvalue weighted by molar-refractivity contribution is -0.142. The van der Waals surface area contributed by atoms with Crippen LogP contribution in [-0.2, 0) is 9.59 Å². The Balaban J connectivity index is 3.53. The van der Waals surface area contributed by atoms with Gasteiger partial charge in [0.1, 0.15) is 6.04 Å². The lowest BCUT2D eigenvalue weighted by Gasteiger charge is -2.16. The molecule has 0 aromatic heterocycles. The number of amides is 1. The summed E-state index contributed by atoms with van der Waals surface area (Å²) in [7, 11) is 0. The minimum atomic E-state index is -0.945. The van der Waals surface area contributed by atoms with Crippen molar-refractivity contribution in [3.05, 3.63) is 0 Å². The zero-order valence-corrected chi connectivity index (χ0v) is 18.5. The van der Waals surface area contributed by atoms with Crippen LogP contribution in [0.2, 0.25) is 0 Å². The second-order valence-electron chi connectivity index (χ2n) is 8.23. The largest absolute Gasteiger partial charge is 0.480 e. The molecule has 0 aromatic carbocycles. The fraction of sp³-hybridized carbons (Fsp3) is 0.833. The average molecular weight is 394 g/mol. The van der Waals surface area contributed by atoms with Crippen molar-refractivity contribution in [3.8, 4) is 11.8 Å². The number of aliphatic carboxylic acids is 1. The van der Waals surface area contributed by atoms with E-state index in [1.54, 1.807) is 0 Å². The van der Waals surface area contributed by atoms with Crippen LogP contribution in [0.4, 0.5) is 0 Å². The van der Waals surface area contributed by atoms with Crippen molar-refractivity contribution in [3.63, 3.8) is 0 Å². The van der Waals surface area contributed by atoms with E-state index in [4.69, 9.17) is 5.11 Å². The van der Waals surface area contributed by atoms with E-state index >= 15 is 0 Å². The number of hydrogen-bond acceptors (Lipinski definition) is 2. The van der Waals surface area contributed by atoms with E-state index in [0.29, 0.717) is 12.8 Å². The van der Waals surface area contributed by atoms with Crippen LogP contribution in [0.15, 0.2) is 0 Å². The molecular formula is C24H43NO3. The Kier molecular flexibility index (Phi) is 17.8. The Morgan fingerprint density at radius 1 is 0.821 bits per heavy atom. The van der Waals surface area contributed by atoms with Gasteiger partial charge in [0.25, 0.3) is 0 Å². The molecule has 0 rings (SSSR count). The van der Waals surface area contributed by atoms with Gasteiger partial charge in [0.15, 0.2) is 0 Å². The smallest absolute Gasteiger partial charge is 0.326 e. The summed E-state index contributed by atoms with van der Waals surface area (Å²) >= 11 is 0. The molecule has 4 nitrogen and oxygen atoms in total. The van der Waals surface area contributed by atoms with Gasteiger partial charge >= 0.3 is 5.97 Å². The highest BCUT2D eigenvalue weighted by atomic mass is 16.4. The lowest BCUT2D eigenvalue weighted by atomic mass is 10.0. The number of carboxylic acid groups (broad SMARTS) is 1. The van der Waals surface area contributed by atoms with Crippen molar-refractivity contribution >= 4 is 11.9 Å². The third-order valence-electron chi connectivity index (χ3n) is 4.83. The first-order valence-electron chi connectivity index (χ1n) is 11.4. The predicted molar refractivity (Wildman–Crippen MR) is 117 cm³/mol. The summed E-state index contributed by atoms with van der Waals surface area (Å²) in [5.41, 5.74) is 0. The van der Waals surface area contributed by atoms with Crippen molar-refractivity contribution in [2.24, 2.45) is 5.92 Å². The molecule has 0 aliphatic heterocycles. The molecule has 0 saturated heterocycles. The van der Waals surface area contributed by atoms with Gasteiger partial charge in [-0.15, -0.1) is 11.8 Å². The van der Waals surface area contributed by atoms with Crippen molar-refractivity contribution in [1.82, 2.24) is 5.32 Å². The maximum Gasteiger partial charge on any atom is 0.326 e. The van der Waals surface area contributed by atoms with Gasteiger partial charge in [-0.05, 0) is 31.6 Å². The van der Waals surface area contributed by atoms with Crippen molar-refractivity contribution < 1.29 is 14.7 Å². The van der Waals surface area contributed by atoms with Gasteiger partial charge in [-0.1, -0.05) is 72.1 Å². The molecule has 0 aliphatic carbocycles. The predicted octanol–water partition coefficient (Wildman–Crippen LogP) is 6.09. The van der Waals surface area contributed by atoms with Crippen molar-refractivity contribution in [1.29, 1.82) is 0 Å². The molecule has 0 aromatic rings. The number of unbranched alkanes of at least 4 members (excludes halogenated alkanes) is 11. The SMILES string of the molecule is CCCCCCCCC#CCCCCCCCC(=O)N[C@@H](CC(C)C)C(=O)O. The molecule has 0 bridgehead atoms. The molecule has 162 valence electrons. The van der Waals surface area contributed by atoms with Gasteiger partial charge in [-0.2, -0.15) is 0 Å². The van der Waals surface area contributed by atoms with E-state index in [2.05, 4.69) is 24.1 Å². The third kappa shape index (κ3) is 17.9. The Bertz CT molecular complexity index is 462. The number of carboxylic acids is 1. The van der Waals surface area contributed by atoms with Crippen LogP contribution in [0.3, 0.4) is 0 Å². The second-order valence-corrected chi connectivity index (χ2v) is 8.23. The van der Waals surface area contributed by atoms with E-state index in [1.165, 1.54) is 38.5 Å². The normalized spacial score (nSPS) is 11.7. The fourth-order valence-electron chi connectivity index (χ4n) is 3.16. The first-order chi connectivity index (χ1) is 13.5. The van der Waals surface area contributed by atoms with E-state index in [1.807, 2.05) is 13.8 Å². The summed E-state index contributed by atoms with van der Waals surface area (Å²) in [5.74, 6) is 5.71. The molecular weight excluding hydrogens is 350 g/mol. The molecule has 1 amide bonds. The lowest BCUT2D eigenvalue weighted by Crippen LogP contribution is -2.41. The number of nitrogens with one attached hydrogen (secondary N) is 1. The van der Waals surface area contributed by atoms with Crippen molar-refractivity contribution in [2.75, 3.05) is 0 Å². The molecule has 0 radical (unpaired) electrons. The summed E-state index contributed by atoms with van der Waals surface area (Å²) in [6.45, 7) is 6.16. The Labute approximate surface area is 173 Å². The van der Waals surface area contributed by atoms with Crippen LogP contribution < -0.4 is 5.32 Å².